The second-order valence-electron chi connectivity index (χ2n) is 4.91. The van der Waals surface area contributed by atoms with Crippen LogP contribution in [0, 0.1) is 5.92 Å². The van der Waals surface area contributed by atoms with Crippen molar-refractivity contribution in [2.75, 3.05) is 31.6 Å². The maximum absolute atomic E-state index is 6.34. The van der Waals surface area contributed by atoms with Crippen LogP contribution in [0.15, 0.2) is 18.2 Å². The van der Waals surface area contributed by atoms with Gasteiger partial charge < -0.3 is 10.2 Å². The zero-order valence-corrected chi connectivity index (χ0v) is 10.3. The molecule has 1 aromatic rings. The van der Waals surface area contributed by atoms with Crippen LogP contribution < -0.4 is 10.2 Å². The smallest absolute Gasteiger partial charge is 0.0642 e. The Morgan fingerprint density at radius 1 is 1.38 bits per heavy atom. The second-order valence-corrected chi connectivity index (χ2v) is 5.32. The van der Waals surface area contributed by atoms with Gasteiger partial charge in [0, 0.05) is 26.1 Å². The van der Waals surface area contributed by atoms with E-state index in [0.29, 0.717) is 5.92 Å². The Labute approximate surface area is 102 Å². The van der Waals surface area contributed by atoms with Gasteiger partial charge in [-0.1, -0.05) is 23.7 Å². The van der Waals surface area contributed by atoms with E-state index < -0.39 is 0 Å². The van der Waals surface area contributed by atoms with Gasteiger partial charge in [-0.25, -0.2) is 0 Å². The SMILES string of the molecule is CN1CC[C@@H]2CNC[C@H]2c2cccc(Cl)c21. The fourth-order valence-corrected chi connectivity index (χ4v) is 3.43. The number of para-hydroxylation sites is 1. The molecule has 0 spiro atoms. The summed E-state index contributed by atoms with van der Waals surface area (Å²) < 4.78 is 0. The fourth-order valence-electron chi connectivity index (χ4n) is 3.11. The van der Waals surface area contributed by atoms with E-state index in [9.17, 15) is 0 Å². The van der Waals surface area contributed by atoms with E-state index in [1.54, 1.807) is 0 Å². The maximum atomic E-state index is 6.34. The summed E-state index contributed by atoms with van der Waals surface area (Å²) in [6, 6.07) is 6.32. The van der Waals surface area contributed by atoms with E-state index in [4.69, 9.17) is 11.6 Å². The summed E-state index contributed by atoms with van der Waals surface area (Å²) in [5, 5.41) is 4.40. The lowest BCUT2D eigenvalue weighted by atomic mass is 9.87. The number of benzene rings is 1. The minimum Gasteiger partial charge on any atom is -0.373 e. The highest BCUT2D eigenvalue weighted by atomic mass is 35.5. The standard InChI is InChI=1S/C13H17ClN2/c1-16-6-5-9-7-15-8-11(9)10-3-2-4-12(14)13(10)16/h2-4,9,11,15H,5-8H2,1H3/t9-,11-/m1/s1. The van der Waals surface area contributed by atoms with Crippen molar-refractivity contribution in [3.05, 3.63) is 28.8 Å². The molecule has 1 saturated heterocycles. The molecule has 86 valence electrons. The fraction of sp³-hybridized carbons (Fsp3) is 0.538. The summed E-state index contributed by atoms with van der Waals surface area (Å²) in [7, 11) is 2.15. The zero-order valence-electron chi connectivity index (χ0n) is 9.54. The van der Waals surface area contributed by atoms with Gasteiger partial charge in [0.2, 0.25) is 0 Å². The molecule has 2 heterocycles. The highest BCUT2D eigenvalue weighted by molar-refractivity contribution is 6.33. The molecule has 2 nitrogen and oxygen atoms in total. The largest absolute Gasteiger partial charge is 0.373 e. The Balaban J connectivity index is 2.13. The molecule has 2 atom stereocenters. The van der Waals surface area contributed by atoms with Crippen LogP contribution in [0.4, 0.5) is 5.69 Å². The highest BCUT2D eigenvalue weighted by Gasteiger charge is 2.33. The van der Waals surface area contributed by atoms with Crippen molar-refractivity contribution >= 4 is 17.3 Å². The normalized spacial score (nSPS) is 28.5. The summed E-state index contributed by atoms with van der Waals surface area (Å²) in [5.74, 6) is 1.43. The van der Waals surface area contributed by atoms with Crippen LogP contribution in [0.25, 0.3) is 0 Å². The van der Waals surface area contributed by atoms with Gasteiger partial charge in [0.25, 0.3) is 0 Å². The third kappa shape index (κ3) is 1.52. The van der Waals surface area contributed by atoms with E-state index in [2.05, 4.69) is 29.4 Å². The number of hydrogen-bond acceptors (Lipinski definition) is 2. The van der Waals surface area contributed by atoms with Gasteiger partial charge in [0.15, 0.2) is 0 Å². The summed E-state index contributed by atoms with van der Waals surface area (Å²) >= 11 is 6.34. The van der Waals surface area contributed by atoms with E-state index in [1.165, 1.54) is 17.7 Å². The number of fused-ring (bicyclic) bond motifs is 3. The van der Waals surface area contributed by atoms with Crippen molar-refractivity contribution in [1.29, 1.82) is 0 Å². The Morgan fingerprint density at radius 2 is 2.25 bits per heavy atom. The van der Waals surface area contributed by atoms with Crippen molar-refractivity contribution in [1.82, 2.24) is 5.32 Å². The lowest BCUT2D eigenvalue weighted by Crippen LogP contribution is -2.20. The number of hydrogen-bond donors (Lipinski definition) is 1. The monoisotopic (exact) mass is 236 g/mol. The maximum Gasteiger partial charge on any atom is 0.0642 e. The molecule has 2 aliphatic rings. The van der Waals surface area contributed by atoms with Crippen LogP contribution in [0.2, 0.25) is 5.02 Å². The first-order valence-corrected chi connectivity index (χ1v) is 6.35. The van der Waals surface area contributed by atoms with Crippen molar-refractivity contribution in [2.24, 2.45) is 5.92 Å². The van der Waals surface area contributed by atoms with Crippen LogP contribution in [0.5, 0.6) is 0 Å². The van der Waals surface area contributed by atoms with E-state index in [1.807, 2.05) is 6.07 Å². The quantitative estimate of drug-likeness (QED) is 0.745. The third-order valence-corrected chi connectivity index (χ3v) is 4.28. The lowest BCUT2D eigenvalue weighted by Gasteiger charge is -2.22. The molecule has 0 amide bonds. The number of anilines is 1. The summed E-state index contributed by atoms with van der Waals surface area (Å²) in [5.41, 5.74) is 2.68. The van der Waals surface area contributed by atoms with Crippen LogP contribution in [-0.2, 0) is 0 Å². The van der Waals surface area contributed by atoms with Crippen molar-refractivity contribution in [3.8, 4) is 0 Å². The number of nitrogens with zero attached hydrogens (tertiary/aromatic N) is 1. The highest BCUT2D eigenvalue weighted by Crippen LogP contribution is 2.42. The minimum absolute atomic E-state index is 0.652. The molecule has 0 saturated carbocycles. The topological polar surface area (TPSA) is 15.3 Å². The molecule has 1 aromatic carbocycles. The van der Waals surface area contributed by atoms with Gasteiger partial charge in [0.05, 0.1) is 10.7 Å². The molecule has 0 bridgehead atoms. The molecule has 2 aliphatic heterocycles. The summed E-state index contributed by atoms with van der Waals surface area (Å²) in [4.78, 5) is 2.32. The van der Waals surface area contributed by atoms with E-state index >= 15 is 0 Å². The van der Waals surface area contributed by atoms with Crippen molar-refractivity contribution in [2.45, 2.75) is 12.3 Å². The first kappa shape index (κ1) is 10.4. The van der Waals surface area contributed by atoms with Gasteiger partial charge in [-0.05, 0) is 30.5 Å². The van der Waals surface area contributed by atoms with Crippen LogP contribution in [-0.4, -0.2) is 26.7 Å². The van der Waals surface area contributed by atoms with Gasteiger partial charge in [-0.15, -0.1) is 0 Å². The van der Waals surface area contributed by atoms with Crippen LogP contribution >= 0.6 is 11.6 Å². The number of rotatable bonds is 0. The van der Waals surface area contributed by atoms with E-state index in [0.717, 1.165) is 30.6 Å². The summed E-state index contributed by atoms with van der Waals surface area (Å²) in [6.07, 6.45) is 1.26. The molecular formula is C13H17ClN2. The molecule has 3 rings (SSSR count). The first-order valence-electron chi connectivity index (χ1n) is 5.97. The third-order valence-electron chi connectivity index (χ3n) is 3.97. The molecule has 0 radical (unpaired) electrons. The Kier molecular flexibility index (Phi) is 2.56. The molecule has 16 heavy (non-hydrogen) atoms. The molecule has 0 aliphatic carbocycles. The van der Waals surface area contributed by atoms with Crippen LogP contribution in [0.1, 0.15) is 17.9 Å². The molecule has 0 unspecified atom stereocenters. The van der Waals surface area contributed by atoms with Crippen molar-refractivity contribution in [3.63, 3.8) is 0 Å². The first-order chi connectivity index (χ1) is 7.77. The van der Waals surface area contributed by atoms with Gasteiger partial charge in [-0.2, -0.15) is 0 Å². The molecule has 1 fully saturated rings. The molecule has 3 heteroatoms. The Morgan fingerprint density at radius 3 is 3.12 bits per heavy atom. The average molecular weight is 237 g/mol. The Hall–Kier alpha value is -0.730. The molecular weight excluding hydrogens is 220 g/mol. The predicted molar refractivity (Wildman–Crippen MR) is 68.4 cm³/mol. The number of nitrogens with one attached hydrogen (secondary N) is 1. The number of halogens is 1. The summed E-state index contributed by atoms with van der Waals surface area (Å²) in [6.45, 7) is 3.37. The van der Waals surface area contributed by atoms with Gasteiger partial charge >= 0.3 is 0 Å². The van der Waals surface area contributed by atoms with Crippen molar-refractivity contribution < 1.29 is 0 Å². The Bertz CT molecular complexity index is 405. The second kappa shape index (κ2) is 3.94. The van der Waals surface area contributed by atoms with Gasteiger partial charge in [0.1, 0.15) is 0 Å². The van der Waals surface area contributed by atoms with Gasteiger partial charge in [-0.3, -0.25) is 0 Å². The average Bonchev–Trinajstić information content (AvgIpc) is 2.69. The van der Waals surface area contributed by atoms with Crippen LogP contribution in [0.3, 0.4) is 0 Å². The lowest BCUT2D eigenvalue weighted by molar-refractivity contribution is 0.496. The van der Waals surface area contributed by atoms with E-state index in [-0.39, 0.29) is 0 Å². The minimum atomic E-state index is 0.652. The zero-order chi connectivity index (χ0) is 11.1. The predicted octanol–water partition coefficient (Wildman–Crippen LogP) is 2.48. The molecule has 1 N–H and O–H groups in total. The molecule has 0 aromatic heterocycles.